The summed E-state index contributed by atoms with van der Waals surface area (Å²) in [5.41, 5.74) is 1.36. The van der Waals surface area contributed by atoms with Crippen molar-refractivity contribution in [3.63, 3.8) is 0 Å². The number of furan rings is 1. The van der Waals surface area contributed by atoms with Crippen molar-refractivity contribution >= 4 is 22.9 Å². The minimum absolute atomic E-state index is 0.00244. The summed E-state index contributed by atoms with van der Waals surface area (Å²) in [6.07, 6.45) is 11.5. The van der Waals surface area contributed by atoms with Gasteiger partial charge in [0.2, 0.25) is 5.91 Å². The van der Waals surface area contributed by atoms with Gasteiger partial charge in [0.25, 0.3) is 5.91 Å². The Bertz CT molecular complexity index is 946. The third kappa shape index (κ3) is 3.15. The molecular weight excluding hydrogens is 378 g/mol. The van der Waals surface area contributed by atoms with E-state index < -0.39 is 5.54 Å². The molecule has 0 unspecified atom stereocenters. The molecule has 3 aliphatic rings. The first-order valence-electron chi connectivity index (χ1n) is 11.7. The summed E-state index contributed by atoms with van der Waals surface area (Å²) < 4.78 is 7.56. The van der Waals surface area contributed by atoms with Crippen LogP contribution in [-0.4, -0.2) is 38.9 Å². The summed E-state index contributed by atoms with van der Waals surface area (Å²) in [4.78, 5) is 29.4. The maximum absolute atomic E-state index is 13.8. The molecule has 2 aliphatic carbocycles. The van der Waals surface area contributed by atoms with Gasteiger partial charge in [0.15, 0.2) is 5.58 Å². The van der Waals surface area contributed by atoms with Crippen LogP contribution in [0.15, 0.2) is 22.8 Å². The highest BCUT2D eigenvalue weighted by Crippen LogP contribution is 2.38. The van der Waals surface area contributed by atoms with Crippen LogP contribution in [0.4, 0.5) is 0 Å². The number of nitrogens with zero attached hydrogens (tertiary/aromatic N) is 2. The first kappa shape index (κ1) is 19.7. The van der Waals surface area contributed by atoms with Crippen molar-refractivity contribution in [1.29, 1.82) is 0 Å². The van der Waals surface area contributed by atoms with Gasteiger partial charge in [-0.1, -0.05) is 26.2 Å². The average Bonchev–Trinajstić information content (AvgIpc) is 3.33. The number of fused-ring (bicyclic) bond motifs is 3. The molecule has 1 N–H and O–H groups in total. The van der Waals surface area contributed by atoms with Crippen molar-refractivity contribution in [1.82, 2.24) is 14.8 Å². The number of carbonyl (C=O) groups is 2. The highest BCUT2D eigenvalue weighted by atomic mass is 16.3. The van der Waals surface area contributed by atoms with Crippen LogP contribution in [0, 0.1) is 5.92 Å². The highest BCUT2D eigenvalue weighted by Gasteiger charge is 2.51. The zero-order valence-electron chi connectivity index (χ0n) is 18.2. The Morgan fingerprint density at radius 2 is 1.87 bits per heavy atom. The lowest BCUT2D eigenvalue weighted by Gasteiger charge is -2.49. The summed E-state index contributed by atoms with van der Waals surface area (Å²) in [5.74, 6) is 0.653. The van der Waals surface area contributed by atoms with Gasteiger partial charge < -0.3 is 19.2 Å². The average molecular weight is 412 g/mol. The summed E-state index contributed by atoms with van der Waals surface area (Å²) in [7, 11) is 0. The predicted octanol–water partition coefficient (Wildman–Crippen LogP) is 4.48. The predicted molar refractivity (Wildman–Crippen MR) is 115 cm³/mol. The summed E-state index contributed by atoms with van der Waals surface area (Å²) in [5, 5.41) is 3.32. The third-order valence-corrected chi connectivity index (χ3v) is 7.74. The van der Waals surface area contributed by atoms with Crippen molar-refractivity contribution < 1.29 is 14.0 Å². The van der Waals surface area contributed by atoms with Crippen molar-refractivity contribution in [3.8, 4) is 0 Å². The van der Waals surface area contributed by atoms with Gasteiger partial charge in [-0.25, -0.2) is 0 Å². The zero-order valence-corrected chi connectivity index (χ0v) is 18.2. The first-order chi connectivity index (χ1) is 14.5. The third-order valence-electron chi connectivity index (χ3n) is 7.74. The molecule has 3 heterocycles. The molecule has 2 aromatic rings. The number of rotatable bonds is 3. The van der Waals surface area contributed by atoms with Gasteiger partial charge in [-0.15, -0.1) is 0 Å². The fourth-order valence-electron chi connectivity index (χ4n) is 5.89. The number of aromatic nitrogens is 1. The lowest BCUT2D eigenvalue weighted by Crippen LogP contribution is -2.67. The number of nitrogens with one attached hydrogen (secondary N) is 1. The molecule has 162 valence electrons. The zero-order chi connectivity index (χ0) is 20.9. The quantitative estimate of drug-likeness (QED) is 0.810. The Morgan fingerprint density at radius 3 is 2.60 bits per heavy atom. The van der Waals surface area contributed by atoms with E-state index in [4.69, 9.17) is 4.42 Å². The maximum Gasteiger partial charge on any atom is 0.271 e. The maximum atomic E-state index is 13.8. The van der Waals surface area contributed by atoms with Crippen LogP contribution in [0.25, 0.3) is 11.1 Å². The topological polar surface area (TPSA) is 67.5 Å². The van der Waals surface area contributed by atoms with E-state index in [2.05, 4.69) is 12.2 Å². The Morgan fingerprint density at radius 1 is 1.13 bits per heavy atom. The minimum atomic E-state index is -0.893. The fourth-order valence-corrected chi connectivity index (χ4v) is 5.89. The van der Waals surface area contributed by atoms with Gasteiger partial charge >= 0.3 is 0 Å². The van der Waals surface area contributed by atoms with E-state index in [0.29, 0.717) is 23.7 Å². The van der Waals surface area contributed by atoms with E-state index in [9.17, 15) is 9.59 Å². The second-order valence-electron chi connectivity index (χ2n) is 9.96. The van der Waals surface area contributed by atoms with E-state index in [1.54, 1.807) is 6.26 Å². The van der Waals surface area contributed by atoms with Gasteiger partial charge in [-0.2, -0.15) is 0 Å². The molecular formula is C24H33N3O3. The molecule has 6 nitrogen and oxygen atoms in total. The summed E-state index contributed by atoms with van der Waals surface area (Å²) in [6.45, 7) is 4.72. The molecule has 0 spiro atoms. The summed E-state index contributed by atoms with van der Waals surface area (Å²) >= 11 is 0. The first-order valence-corrected chi connectivity index (χ1v) is 11.7. The highest BCUT2D eigenvalue weighted by molar-refractivity contribution is 6.03. The molecule has 30 heavy (non-hydrogen) atoms. The standard InChI is InChI=1S/C24H33N3O3/c1-16-8-10-18(11-9-16)27-22(28)20-14-21-19(12-13-30-21)26(20)15-24(27,2)23(29)25-17-6-4-3-5-7-17/h12-14,16-18H,3-11,15H2,1-2H3,(H,25,29)/t16?,18?,24-/m1/s1. The molecule has 0 aromatic carbocycles. The van der Waals surface area contributed by atoms with Crippen LogP contribution in [0.1, 0.15) is 82.1 Å². The molecule has 2 fully saturated rings. The Labute approximate surface area is 178 Å². The van der Waals surface area contributed by atoms with Crippen molar-refractivity contribution in [2.75, 3.05) is 0 Å². The Kier molecular flexibility index (Phi) is 4.91. The van der Waals surface area contributed by atoms with Crippen molar-refractivity contribution in [3.05, 3.63) is 24.1 Å². The van der Waals surface area contributed by atoms with E-state index in [0.717, 1.165) is 44.0 Å². The minimum Gasteiger partial charge on any atom is -0.463 e. The van der Waals surface area contributed by atoms with Crippen LogP contribution >= 0.6 is 0 Å². The van der Waals surface area contributed by atoms with Crippen molar-refractivity contribution in [2.24, 2.45) is 5.92 Å². The molecule has 1 aliphatic heterocycles. The van der Waals surface area contributed by atoms with E-state index in [-0.39, 0.29) is 23.9 Å². The molecule has 5 rings (SSSR count). The normalized spacial score (nSPS) is 30.5. The lowest BCUT2D eigenvalue weighted by molar-refractivity contribution is -0.135. The smallest absolute Gasteiger partial charge is 0.271 e. The molecule has 1 atom stereocenters. The van der Waals surface area contributed by atoms with Gasteiger partial charge in [0.1, 0.15) is 11.2 Å². The van der Waals surface area contributed by atoms with Crippen LogP contribution in [0.3, 0.4) is 0 Å². The molecule has 0 bridgehead atoms. The lowest BCUT2D eigenvalue weighted by atomic mass is 9.82. The summed E-state index contributed by atoms with van der Waals surface area (Å²) in [6, 6.07) is 4.08. The van der Waals surface area contributed by atoms with Gasteiger partial charge in [-0.05, 0) is 51.4 Å². The van der Waals surface area contributed by atoms with Crippen LogP contribution in [0.2, 0.25) is 0 Å². The molecule has 2 aromatic heterocycles. The number of hydrogen-bond acceptors (Lipinski definition) is 3. The Hall–Kier alpha value is -2.24. The molecule has 0 radical (unpaired) electrons. The van der Waals surface area contributed by atoms with Gasteiger partial charge in [0.05, 0.1) is 18.3 Å². The van der Waals surface area contributed by atoms with Gasteiger partial charge in [0, 0.05) is 24.2 Å². The second-order valence-corrected chi connectivity index (χ2v) is 9.96. The van der Waals surface area contributed by atoms with Crippen LogP contribution in [0.5, 0.6) is 0 Å². The number of amides is 2. The Balaban J connectivity index is 1.51. The monoisotopic (exact) mass is 411 g/mol. The van der Waals surface area contributed by atoms with Gasteiger partial charge in [-0.3, -0.25) is 9.59 Å². The van der Waals surface area contributed by atoms with Crippen LogP contribution < -0.4 is 5.32 Å². The second kappa shape index (κ2) is 7.47. The largest absolute Gasteiger partial charge is 0.463 e. The van der Waals surface area contributed by atoms with E-state index in [1.807, 2.05) is 28.5 Å². The molecule has 2 saturated carbocycles. The van der Waals surface area contributed by atoms with E-state index >= 15 is 0 Å². The van der Waals surface area contributed by atoms with Crippen molar-refractivity contribution in [2.45, 2.75) is 95.8 Å². The molecule has 2 amide bonds. The molecule has 0 saturated heterocycles. The molecule has 6 heteroatoms. The number of carbonyl (C=O) groups excluding carboxylic acids is 2. The van der Waals surface area contributed by atoms with E-state index in [1.165, 1.54) is 19.3 Å². The fraction of sp³-hybridized carbons (Fsp3) is 0.667. The SMILES string of the molecule is CC1CCC(N2C(=O)c3cc4occc4n3C[C@]2(C)C(=O)NC2CCCCC2)CC1. The van der Waals surface area contributed by atoms with Crippen LogP contribution in [-0.2, 0) is 11.3 Å². The number of hydrogen-bond donors (Lipinski definition) is 1.